The number of carbonyl (C=O) groups is 4. The highest BCUT2D eigenvalue weighted by atomic mass is 32.2. The average molecular weight is 767 g/mol. The number of amides is 3. The van der Waals surface area contributed by atoms with Crippen LogP contribution in [0.5, 0.6) is 0 Å². The first-order valence-corrected chi connectivity index (χ1v) is 19.5. The number of likely N-dealkylation sites (tertiary alicyclic amines) is 1. The van der Waals surface area contributed by atoms with E-state index in [-0.39, 0.29) is 42.1 Å². The largest absolute Gasteiger partial charge is 0.444 e. The Morgan fingerprint density at radius 3 is 2.38 bits per heavy atom. The minimum absolute atomic E-state index is 0.00505. The van der Waals surface area contributed by atoms with Gasteiger partial charge in [-0.3, -0.25) is 24.0 Å². The summed E-state index contributed by atoms with van der Waals surface area (Å²) in [6.45, 7) is 12.4. The van der Waals surface area contributed by atoms with Crippen molar-refractivity contribution in [1.29, 1.82) is 0 Å². The van der Waals surface area contributed by atoms with Crippen LogP contribution < -0.4 is 21.0 Å². The fraction of sp³-hybridized carbons (Fsp3) is 0.667. The van der Waals surface area contributed by atoms with Gasteiger partial charge < -0.3 is 25.1 Å². The Hall–Kier alpha value is -4.09. The number of rotatable bonds is 12. The van der Waals surface area contributed by atoms with Crippen LogP contribution in [0.3, 0.4) is 0 Å². The average Bonchev–Trinajstić information content (AvgIpc) is 3.59. The molecule has 3 unspecified atom stereocenters. The number of nitrogens with zero attached hydrogens (tertiary/aromatic N) is 4. The third-order valence-electron chi connectivity index (χ3n) is 8.08. The third kappa shape index (κ3) is 17.5. The molecule has 1 aliphatic heterocycles. The van der Waals surface area contributed by atoms with Crippen molar-refractivity contribution in [2.24, 2.45) is 11.8 Å². The summed E-state index contributed by atoms with van der Waals surface area (Å²) in [7, 11) is 2.83. The highest BCUT2D eigenvalue weighted by Crippen LogP contribution is 2.40. The zero-order chi connectivity index (χ0) is 40.4. The first-order valence-electron chi connectivity index (χ1n) is 18.1. The zero-order valence-electron chi connectivity index (χ0n) is 33.1. The number of aldehydes is 1. The number of imidazole rings is 1. The van der Waals surface area contributed by atoms with E-state index < -0.39 is 27.8 Å². The second kappa shape index (κ2) is 22.9. The number of alkyl carbamates (subject to hydrolysis) is 1. The molecule has 2 aromatic rings. The molecule has 0 spiro atoms. The molecule has 1 aliphatic carbocycles. The standard InChI is InChI=1S/C13H24N2O3S.C9H11N3O.C7H14N2O.C7H13NO3/c1-4-5-6-7-8-9-11-10-12(11)13(16)14-19(17,18)15(2)3;1-6(2)12-8-5-10-4-3-7(8)11-9(12)13;1-8-7(10)6-4-3-5-9(6)2;1-7(2,3)11-6(10)8-4-5-9/h8-9,11-12H,4-7,10H2,1-3H3,(H,14,16);3-6H,1-2H3,(H,11,13);6H,3-5H2,1-2H3,(H,8,10);5H,4H2,1-3H3,(H,8,10)/b9-8-;;;. The second-order valence-electron chi connectivity index (χ2n) is 14.3. The van der Waals surface area contributed by atoms with Crippen LogP contribution in [0.15, 0.2) is 35.4 Å². The van der Waals surface area contributed by atoms with E-state index in [1.165, 1.54) is 33.4 Å². The van der Waals surface area contributed by atoms with E-state index in [0.717, 1.165) is 47.6 Å². The van der Waals surface area contributed by atoms with Gasteiger partial charge >= 0.3 is 22.0 Å². The number of carbonyl (C=O) groups excluding carboxylic acids is 4. The molecule has 0 aromatic carbocycles. The minimum Gasteiger partial charge on any atom is -0.444 e. The van der Waals surface area contributed by atoms with Crippen LogP contribution in [0.4, 0.5) is 4.79 Å². The van der Waals surface area contributed by atoms with E-state index in [4.69, 9.17) is 4.74 Å². The predicted molar refractivity (Wildman–Crippen MR) is 206 cm³/mol. The summed E-state index contributed by atoms with van der Waals surface area (Å²) < 4.78 is 32.6. The van der Waals surface area contributed by atoms with Crippen molar-refractivity contribution in [3.05, 3.63) is 41.1 Å². The molecular weight excluding hydrogens is 705 g/mol. The lowest BCUT2D eigenvalue weighted by Gasteiger charge is -2.18. The summed E-state index contributed by atoms with van der Waals surface area (Å²) in [5.41, 5.74) is 1.13. The van der Waals surface area contributed by atoms with E-state index in [1.54, 1.807) is 50.8 Å². The smallest absolute Gasteiger partial charge is 0.408 e. The van der Waals surface area contributed by atoms with Gasteiger partial charge in [-0.15, -0.1) is 0 Å². The van der Waals surface area contributed by atoms with E-state index in [0.29, 0.717) is 6.29 Å². The van der Waals surface area contributed by atoms with Gasteiger partial charge in [0.15, 0.2) is 0 Å². The summed E-state index contributed by atoms with van der Waals surface area (Å²) >= 11 is 0. The third-order valence-corrected chi connectivity index (χ3v) is 9.50. The highest BCUT2D eigenvalue weighted by molar-refractivity contribution is 7.87. The minimum atomic E-state index is -3.65. The van der Waals surface area contributed by atoms with Crippen LogP contribution in [0.1, 0.15) is 92.5 Å². The lowest BCUT2D eigenvalue weighted by atomic mass is 10.2. The van der Waals surface area contributed by atoms with E-state index in [1.807, 2.05) is 27.0 Å². The first-order chi connectivity index (χ1) is 24.8. The molecule has 3 atom stereocenters. The van der Waals surface area contributed by atoms with Gasteiger partial charge in [-0.25, -0.2) is 14.3 Å². The van der Waals surface area contributed by atoms with Crippen molar-refractivity contribution in [2.75, 3.05) is 41.3 Å². The Morgan fingerprint density at radius 2 is 1.85 bits per heavy atom. The summed E-state index contributed by atoms with van der Waals surface area (Å²) in [6, 6.07) is 2.09. The number of hydrogen-bond donors (Lipinski definition) is 4. The second-order valence-corrected chi connectivity index (χ2v) is 16.2. The molecule has 2 aliphatic rings. The molecule has 1 saturated carbocycles. The summed E-state index contributed by atoms with van der Waals surface area (Å²) in [4.78, 5) is 63.6. The molecule has 16 nitrogen and oxygen atoms in total. The van der Waals surface area contributed by atoms with Gasteiger partial charge in [-0.1, -0.05) is 31.9 Å². The van der Waals surface area contributed by atoms with Gasteiger partial charge in [0.25, 0.3) is 0 Å². The summed E-state index contributed by atoms with van der Waals surface area (Å²) in [6.07, 6.45) is 15.1. The van der Waals surface area contributed by atoms with Gasteiger partial charge in [0.05, 0.1) is 29.8 Å². The number of pyridine rings is 1. The van der Waals surface area contributed by atoms with E-state index in [2.05, 4.69) is 43.2 Å². The van der Waals surface area contributed by atoms with Crippen LogP contribution in [0.25, 0.3) is 11.0 Å². The molecule has 1 saturated heterocycles. The quantitative estimate of drug-likeness (QED) is 0.141. The number of hydrogen-bond acceptors (Lipinski definition) is 10. The van der Waals surface area contributed by atoms with Gasteiger partial charge in [0.2, 0.25) is 11.8 Å². The van der Waals surface area contributed by atoms with Gasteiger partial charge in [0.1, 0.15) is 11.9 Å². The van der Waals surface area contributed by atoms with E-state index in [9.17, 15) is 32.4 Å². The number of likely N-dealkylation sites (N-methyl/N-ethyl adjacent to an activating group) is 2. The molecule has 17 heteroatoms. The molecule has 0 bridgehead atoms. The van der Waals surface area contributed by atoms with Gasteiger partial charge in [-0.05, 0) is 92.3 Å². The highest BCUT2D eigenvalue weighted by Gasteiger charge is 2.42. The lowest BCUT2D eigenvalue weighted by molar-refractivity contribution is -0.124. The van der Waals surface area contributed by atoms with Crippen LogP contribution in [-0.4, -0.2) is 109 Å². The number of nitrogens with one attached hydrogen (secondary N) is 4. The fourth-order valence-corrected chi connectivity index (χ4v) is 5.72. The first kappa shape index (κ1) is 46.9. The van der Waals surface area contributed by atoms with Crippen molar-refractivity contribution >= 4 is 45.4 Å². The molecule has 4 N–H and O–H groups in total. The number of allylic oxidation sites excluding steroid dienone is 2. The normalized spacial score (nSPS) is 18.2. The number of fused-ring (bicyclic) bond motifs is 1. The monoisotopic (exact) mass is 766 g/mol. The molecule has 2 aromatic heterocycles. The Bertz CT molecular complexity index is 1650. The predicted octanol–water partition coefficient (Wildman–Crippen LogP) is 3.52. The van der Waals surface area contributed by atoms with Crippen LogP contribution >= 0.6 is 0 Å². The number of H-pyrrole nitrogens is 1. The SMILES string of the molecule is CC(C)(C)OC(=O)NCC=O.CC(C)n1c(=O)[nH]c2ccncc21.CCCCC/C=C\C1CC1C(=O)NS(=O)(=O)N(C)C.CNC(=O)C1CCCN1C. The fourth-order valence-electron chi connectivity index (χ4n) is 5.13. The number of unbranched alkanes of at least 4 members (excludes halogenated alkanes) is 3. The molecule has 3 heterocycles. The lowest BCUT2D eigenvalue weighted by Crippen LogP contribution is -2.40. The number of aromatic nitrogens is 3. The van der Waals surface area contributed by atoms with Crippen LogP contribution in [0, 0.1) is 11.8 Å². The maximum Gasteiger partial charge on any atom is 0.408 e. The summed E-state index contributed by atoms with van der Waals surface area (Å²) in [5, 5.41) is 4.92. The maximum absolute atomic E-state index is 11.7. The number of ether oxygens (including phenoxy) is 1. The Morgan fingerprint density at radius 1 is 1.17 bits per heavy atom. The zero-order valence-corrected chi connectivity index (χ0v) is 33.9. The molecular formula is C36H62N8O8S. The van der Waals surface area contributed by atoms with Crippen molar-refractivity contribution < 1.29 is 32.3 Å². The van der Waals surface area contributed by atoms with Crippen molar-refractivity contribution in [1.82, 2.24) is 39.1 Å². The molecule has 4 rings (SSSR count). The molecule has 300 valence electrons. The Kier molecular flexibility index (Phi) is 20.2. The van der Waals surface area contributed by atoms with Crippen molar-refractivity contribution in [3.8, 4) is 0 Å². The Balaban J connectivity index is 0.000000366. The Labute approximate surface area is 314 Å². The molecule has 3 amide bonds. The summed E-state index contributed by atoms with van der Waals surface area (Å²) in [5.74, 6) is -0.215. The maximum atomic E-state index is 11.7. The van der Waals surface area contributed by atoms with Gasteiger partial charge in [0, 0.05) is 39.3 Å². The number of aromatic amines is 1. The molecule has 53 heavy (non-hydrogen) atoms. The molecule has 2 fully saturated rings. The van der Waals surface area contributed by atoms with Crippen LogP contribution in [-0.2, 0) is 29.3 Å². The van der Waals surface area contributed by atoms with Crippen molar-refractivity contribution in [2.45, 2.75) is 104 Å². The molecule has 0 radical (unpaired) electrons. The van der Waals surface area contributed by atoms with E-state index >= 15 is 0 Å². The van der Waals surface area contributed by atoms with Crippen molar-refractivity contribution in [3.63, 3.8) is 0 Å². The van der Waals surface area contributed by atoms with Crippen LogP contribution in [0.2, 0.25) is 0 Å². The van der Waals surface area contributed by atoms with Gasteiger partial charge in [-0.2, -0.15) is 12.7 Å². The topological polar surface area (TPSA) is 205 Å².